The monoisotopic (exact) mass is 439 g/mol. The molecule has 0 aliphatic heterocycles. The second kappa shape index (κ2) is 8.08. The van der Waals surface area contributed by atoms with Gasteiger partial charge in [-0.3, -0.25) is 4.72 Å². The second-order valence-corrected chi connectivity index (χ2v) is 7.78. The van der Waals surface area contributed by atoms with E-state index in [1.165, 1.54) is 30.6 Å². The molecule has 0 aliphatic rings. The van der Waals surface area contributed by atoms with Gasteiger partial charge in [0.15, 0.2) is 0 Å². The molecule has 0 unspecified atom stereocenters. The van der Waals surface area contributed by atoms with Crippen molar-refractivity contribution in [3.8, 4) is 11.8 Å². The topological polar surface area (TPSA) is 95.0 Å². The predicted molar refractivity (Wildman–Crippen MR) is 98.6 cm³/mol. The number of sulfonamides is 1. The Hall–Kier alpha value is -3.52. The number of rotatable bonds is 6. The maximum Gasteiger partial charge on any atom is 0.573 e. The molecule has 0 saturated heterocycles. The summed E-state index contributed by atoms with van der Waals surface area (Å²) < 4.78 is 82.0. The van der Waals surface area contributed by atoms with Crippen LogP contribution < -0.4 is 9.46 Å². The number of hydrogen-bond donors (Lipinski definition) is 2. The predicted octanol–water partition coefficient (Wildman–Crippen LogP) is 4.32. The summed E-state index contributed by atoms with van der Waals surface area (Å²) in [5, 5.41) is 8.76. The molecule has 0 spiro atoms. The van der Waals surface area contributed by atoms with Crippen LogP contribution in [0.3, 0.4) is 0 Å². The van der Waals surface area contributed by atoms with Crippen LogP contribution >= 0.6 is 0 Å². The minimum absolute atomic E-state index is 0.0377. The van der Waals surface area contributed by atoms with Gasteiger partial charge in [-0.2, -0.15) is 5.26 Å². The van der Waals surface area contributed by atoms with Gasteiger partial charge in [0, 0.05) is 18.8 Å². The van der Waals surface area contributed by atoms with Crippen molar-refractivity contribution in [2.24, 2.45) is 0 Å². The van der Waals surface area contributed by atoms with Gasteiger partial charge in [-0.1, -0.05) is 12.1 Å². The second-order valence-electron chi connectivity index (χ2n) is 6.13. The Morgan fingerprint density at radius 1 is 1.10 bits per heavy atom. The first-order chi connectivity index (χ1) is 14.1. The molecule has 0 amide bonds. The van der Waals surface area contributed by atoms with E-state index in [2.05, 4.69) is 14.4 Å². The van der Waals surface area contributed by atoms with Gasteiger partial charge in [0.25, 0.3) is 10.0 Å². The fourth-order valence-electron chi connectivity index (χ4n) is 2.67. The summed E-state index contributed by atoms with van der Waals surface area (Å²) in [4.78, 5) is 2.51. The molecule has 1 aromatic heterocycles. The molecule has 156 valence electrons. The van der Waals surface area contributed by atoms with Crippen LogP contribution in [0.15, 0.2) is 59.8 Å². The van der Waals surface area contributed by atoms with E-state index in [1.807, 2.05) is 0 Å². The van der Waals surface area contributed by atoms with Crippen molar-refractivity contribution < 1.29 is 30.7 Å². The van der Waals surface area contributed by atoms with Crippen LogP contribution in [0.25, 0.3) is 0 Å². The van der Waals surface area contributed by atoms with Gasteiger partial charge in [-0.05, 0) is 41.5 Å². The fourth-order valence-corrected chi connectivity index (χ4v) is 3.93. The number of anilines is 1. The maximum atomic E-state index is 14.0. The average molecular weight is 439 g/mol. The van der Waals surface area contributed by atoms with E-state index in [0.29, 0.717) is 11.1 Å². The van der Waals surface area contributed by atoms with Gasteiger partial charge in [0.05, 0.1) is 17.3 Å². The molecule has 3 aromatic rings. The van der Waals surface area contributed by atoms with Crippen LogP contribution in [-0.4, -0.2) is 19.8 Å². The van der Waals surface area contributed by atoms with Gasteiger partial charge < -0.3 is 9.72 Å². The first-order valence-corrected chi connectivity index (χ1v) is 9.78. The lowest BCUT2D eigenvalue weighted by Gasteiger charge is -2.11. The largest absolute Gasteiger partial charge is 0.573 e. The normalized spacial score (nSPS) is 11.7. The SMILES string of the molecule is N#Cc1ccc(NS(=O)(=O)c2c[nH]cc2Cc2ccc(OC(F)(F)F)cc2)c(F)c1. The smallest absolute Gasteiger partial charge is 0.406 e. The number of alkyl halides is 3. The Morgan fingerprint density at radius 3 is 2.40 bits per heavy atom. The number of aromatic amines is 1. The number of nitrogens with zero attached hydrogens (tertiary/aromatic N) is 1. The van der Waals surface area contributed by atoms with Crippen molar-refractivity contribution in [2.75, 3.05) is 4.72 Å². The highest BCUT2D eigenvalue weighted by atomic mass is 32.2. The molecule has 3 rings (SSSR count). The van der Waals surface area contributed by atoms with E-state index in [9.17, 15) is 26.0 Å². The number of nitriles is 1. The first kappa shape index (κ1) is 21.2. The van der Waals surface area contributed by atoms with E-state index >= 15 is 0 Å². The molecule has 0 bridgehead atoms. The summed E-state index contributed by atoms with van der Waals surface area (Å²) in [7, 11) is -4.17. The van der Waals surface area contributed by atoms with Gasteiger partial charge >= 0.3 is 6.36 Å². The lowest BCUT2D eigenvalue weighted by molar-refractivity contribution is -0.274. The first-order valence-electron chi connectivity index (χ1n) is 8.30. The summed E-state index contributed by atoms with van der Waals surface area (Å²) in [6.45, 7) is 0. The van der Waals surface area contributed by atoms with Crippen LogP contribution in [-0.2, 0) is 16.4 Å². The minimum Gasteiger partial charge on any atom is -0.406 e. The van der Waals surface area contributed by atoms with Crippen molar-refractivity contribution in [3.05, 3.63) is 77.4 Å². The number of hydrogen-bond acceptors (Lipinski definition) is 4. The third-order valence-corrected chi connectivity index (χ3v) is 5.42. The number of H-pyrrole nitrogens is 1. The van der Waals surface area contributed by atoms with E-state index in [1.54, 1.807) is 6.07 Å². The molecule has 0 atom stereocenters. The molecule has 6 nitrogen and oxygen atoms in total. The maximum absolute atomic E-state index is 14.0. The van der Waals surface area contributed by atoms with Gasteiger partial charge in [-0.15, -0.1) is 13.2 Å². The summed E-state index contributed by atoms with van der Waals surface area (Å²) >= 11 is 0. The van der Waals surface area contributed by atoms with Crippen molar-refractivity contribution in [1.29, 1.82) is 5.26 Å². The van der Waals surface area contributed by atoms with Crippen LogP contribution in [0.2, 0.25) is 0 Å². The highest BCUT2D eigenvalue weighted by Crippen LogP contribution is 2.26. The Kier molecular flexibility index (Phi) is 5.71. The quantitative estimate of drug-likeness (QED) is 0.560. The van der Waals surface area contributed by atoms with Crippen molar-refractivity contribution in [1.82, 2.24) is 4.98 Å². The molecule has 0 radical (unpaired) electrons. The zero-order valence-electron chi connectivity index (χ0n) is 15.0. The fraction of sp³-hybridized carbons (Fsp3) is 0.105. The van der Waals surface area contributed by atoms with E-state index in [-0.39, 0.29) is 22.6 Å². The molecule has 0 saturated carbocycles. The number of benzene rings is 2. The minimum atomic E-state index is -4.81. The van der Waals surface area contributed by atoms with Gasteiger partial charge in [0.1, 0.15) is 16.5 Å². The van der Waals surface area contributed by atoms with Crippen LogP contribution in [0.1, 0.15) is 16.7 Å². The Balaban J connectivity index is 1.80. The van der Waals surface area contributed by atoms with Crippen molar-refractivity contribution in [3.63, 3.8) is 0 Å². The Morgan fingerprint density at radius 2 is 1.80 bits per heavy atom. The number of halogens is 4. The third kappa shape index (κ3) is 5.09. The zero-order chi connectivity index (χ0) is 21.9. The number of aromatic nitrogens is 1. The molecule has 2 aromatic carbocycles. The average Bonchev–Trinajstić information content (AvgIpc) is 3.13. The highest BCUT2D eigenvalue weighted by molar-refractivity contribution is 7.92. The van der Waals surface area contributed by atoms with Crippen LogP contribution in [0.5, 0.6) is 5.75 Å². The molecule has 0 aliphatic carbocycles. The Bertz CT molecular complexity index is 1200. The highest BCUT2D eigenvalue weighted by Gasteiger charge is 2.31. The standard InChI is InChI=1S/C19H13F4N3O3S/c20-16-8-13(9-24)3-6-17(16)26-30(27,28)18-11-25-10-14(18)7-12-1-4-15(5-2-12)29-19(21,22)23/h1-6,8,10-11,25-26H,7H2. The van der Waals surface area contributed by atoms with Crippen molar-refractivity contribution >= 4 is 15.7 Å². The summed E-state index contributed by atoms with van der Waals surface area (Å²) in [6, 6.07) is 10.0. The summed E-state index contributed by atoms with van der Waals surface area (Å²) in [5.41, 5.74) is 0.566. The third-order valence-electron chi connectivity index (χ3n) is 3.97. The van der Waals surface area contributed by atoms with Crippen LogP contribution in [0, 0.1) is 17.1 Å². The van der Waals surface area contributed by atoms with Crippen LogP contribution in [0.4, 0.5) is 23.2 Å². The molecule has 30 heavy (non-hydrogen) atoms. The lowest BCUT2D eigenvalue weighted by Crippen LogP contribution is -2.17. The number of nitrogens with one attached hydrogen (secondary N) is 2. The summed E-state index contributed by atoms with van der Waals surface area (Å²) in [6.07, 6.45) is -2.10. The molecular weight excluding hydrogens is 426 g/mol. The van der Waals surface area contributed by atoms with Crippen molar-refractivity contribution in [2.45, 2.75) is 17.7 Å². The van der Waals surface area contributed by atoms with Gasteiger partial charge in [0.2, 0.25) is 0 Å². The van der Waals surface area contributed by atoms with E-state index in [4.69, 9.17) is 5.26 Å². The number of ether oxygens (including phenoxy) is 1. The molecule has 0 fully saturated rings. The molecule has 2 N–H and O–H groups in total. The lowest BCUT2D eigenvalue weighted by atomic mass is 10.1. The molecule has 11 heteroatoms. The zero-order valence-corrected chi connectivity index (χ0v) is 15.8. The summed E-state index contributed by atoms with van der Waals surface area (Å²) in [5.74, 6) is -1.30. The molecule has 1 heterocycles. The molecular formula is C19H13F4N3O3S. The van der Waals surface area contributed by atoms with E-state index in [0.717, 1.165) is 24.3 Å². The van der Waals surface area contributed by atoms with E-state index < -0.39 is 28.0 Å². The Labute approximate surface area is 168 Å². The van der Waals surface area contributed by atoms with Gasteiger partial charge in [-0.25, -0.2) is 12.8 Å².